The molecule has 4 rings (SSSR count). The van der Waals surface area contributed by atoms with Crippen LogP contribution in [0.1, 0.15) is 32.3 Å². The lowest BCUT2D eigenvalue weighted by molar-refractivity contribution is -0.129. The second-order valence-corrected chi connectivity index (χ2v) is 8.79. The van der Waals surface area contributed by atoms with Gasteiger partial charge in [0.05, 0.1) is 0 Å². The van der Waals surface area contributed by atoms with Crippen molar-refractivity contribution in [1.82, 2.24) is 14.8 Å². The quantitative estimate of drug-likeness (QED) is 0.847. The summed E-state index contributed by atoms with van der Waals surface area (Å²) in [4.78, 5) is 12.4. The van der Waals surface area contributed by atoms with E-state index < -0.39 is 0 Å². The van der Waals surface area contributed by atoms with Gasteiger partial charge in [-0.3, -0.25) is 4.90 Å². The molecule has 3 aliphatic heterocycles. The maximum atomic E-state index is 4.59. The van der Waals surface area contributed by atoms with Gasteiger partial charge in [-0.15, -0.1) is 0 Å². The van der Waals surface area contributed by atoms with E-state index in [1.807, 2.05) is 6.20 Å². The summed E-state index contributed by atoms with van der Waals surface area (Å²) in [5.41, 5.74) is 1.91. The molecular weight excluding hydrogens is 296 g/mol. The summed E-state index contributed by atoms with van der Waals surface area (Å²) in [5.74, 6) is 2.04. The van der Waals surface area contributed by atoms with Gasteiger partial charge in [0.25, 0.3) is 0 Å². The van der Waals surface area contributed by atoms with Crippen LogP contribution < -0.4 is 4.90 Å². The van der Waals surface area contributed by atoms with Crippen LogP contribution in [0.4, 0.5) is 5.82 Å². The Kier molecular flexibility index (Phi) is 4.29. The molecule has 3 saturated heterocycles. The van der Waals surface area contributed by atoms with Gasteiger partial charge in [0.1, 0.15) is 5.82 Å². The van der Waals surface area contributed by atoms with E-state index in [4.69, 9.17) is 0 Å². The number of anilines is 1. The van der Waals surface area contributed by atoms with E-state index in [0.29, 0.717) is 5.41 Å². The summed E-state index contributed by atoms with van der Waals surface area (Å²) in [6.45, 7) is 15.7. The van der Waals surface area contributed by atoms with Crippen LogP contribution in [-0.4, -0.2) is 66.6 Å². The molecule has 0 amide bonds. The van der Waals surface area contributed by atoms with Crippen LogP contribution in [0.3, 0.4) is 0 Å². The third-order valence-electron chi connectivity index (χ3n) is 6.28. The number of aromatic nitrogens is 1. The molecule has 3 fully saturated rings. The fourth-order valence-corrected chi connectivity index (χ4v) is 4.77. The van der Waals surface area contributed by atoms with Gasteiger partial charge >= 0.3 is 0 Å². The highest BCUT2D eigenvalue weighted by Gasteiger charge is 2.52. The number of piperidine rings is 1. The van der Waals surface area contributed by atoms with Crippen molar-refractivity contribution < 1.29 is 0 Å². The van der Waals surface area contributed by atoms with Crippen LogP contribution in [0.25, 0.3) is 0 Å². The normalized spacial score (nSPS) is 25.1. The first kappa shape index (κ1) is 16.3. The molecule has 0 atom stereocenters. The first-order valence-electron chi connectivity index (χ1n) is 9.67. The van der Waals surface area contributed by atoms with Crippen LogP contribution in [0.15, 0.2) is 18.3 Å². The minimum atomic E-state index is 0.663. The van der Waals surface area contributed by atoms with Crippen molar-refractivity contribution in [2.75, 3.05) is 50.7 Å². The second-order valence-electron chi connectivity index (χ2n) is 8.79. The molecule has 0 aromatic carbocycles. The molecule has 0 N–H and O–H groups in total. The monoisotopic (exact) mass is 328 g/mol. The molecule has 0 unspecified atom stereocenters. The van der Waals surface area contributed by atoms with E-state index in [-0.39, 0.29) is 0 Å². The van der Waals surface area contributed by atoms with Gasteiger partial charge in [0.2, 0.25) is 0 Å². The first-order valence-corrected chi connectivity index (χ1v) is 9.67. The zero-order valence-corrected chi connectivity index (χ0v) is 15.5. The highest BCUT2D eigenvalue weighted by Crippen LogP contribution is 2.41. The Morgan fingerprint density at radius 3 is 2.42 bits per heavy atom. The number of hydrogen-bond acceptors (Lipinski definition) is 4. The average Bonchev–Trinajstić information content (AvgIpc) is 2.49. The number of nitrogens with zero attached hydrogens (tertiary/aromatic N) is 4. The number of hydrogen-bond donors (Lipinski definition) is 0. The minimum Gasteiger partial charge on any atom is -0.357 e. The van der Waals surface area contributed by atoms with Gasteiger partial charge in [-0.05, 0) is 51.2 Å². The highest BCUT2D eigenvalue weighted by molar-refractivity contribution is 5.39. The number of aryl methyl sites for hydroxylation is 1. The van der Waals surface area contributed by atoms with Crippen LogP contribution >= 0.6 is 0 Å². The molecule has 132 valence electrons. The summed E-state index contributed by atoms with van der Waals surface area (Å²) < 4.78 is 0. The van der Waals surface area contributed by atoms with Crippen molar-refractivity contribution in [2.24, 2.45) is 11.3 Å². The summed E-state index contributed by atoms with van der Waals surface area (Å²) >= 11 is 0. The smallest absolute Gasteiger partial charge is 0.128 e. The van der Waals surface area contributed by atoms with Gasteiger partial charge in [-0.1, -0.05) is 6.07 Å². The van der Waals surface area contributed by atoms with Crippen molar-refractivity contribution in [2.45, 2.75) is 39.7 Å². The summed E-state index contributed by atoms with van der Waals surface area (Å²) in [6.07, 6.45) is 4.62. The molecule has 1 aromatic rings. The average molecular weight is 329 g/mol. The number of pyridine rings is 1. The fourth-order valence-electron chi connectivity index (χ4n) is 4.77. The van der Waals surface area contributed by atoms with Crippen LogP contribution in [0.2, 0.25) is 0 Å². The van der Waals surface area contributed by atoms with Gasteiger partial charge in [0, 0.05) is 63.5 Å². The molecule has 1 aromatic heterocycles. The maximum Gasteiger partial charge on any atom is 0.128 e. The number of rotatable bonds is 4. The third-order valence-corrected chi connectivity index (χ3v) is 6.28. The zero-order chi connectivity index (χ0) is 16.7. The van der Waals surface area contributed by atoms with E-state index in [2.05, 4.69) is 52.6 Å². The topological polar surface area (TPSA) is 22.6 Å². The Hall–Kier alpha value is -1.13. The van der Waals surface area contributed by atoms with Crippen molar-refractivity contribution in [3.8, 4) is 0 Å². The maximum absolute atomic E-state index is 4.59. The Labute approximate surface area is 146 Å². The minimum absolute atomic E-state index is 0.663. The van der Waals surface area contributed by atoms with Crippen LogP contribution in [-0.2, 0) is 0 Å². The second kappa shape index (κ2) is 6.30. The summed E-state index contributed by atoms with van der Waals surface area (Å²) in [7, 11) is 0. The van der Waals surface area contributed by atoms with E-state index in [1.54, 1.807) is 0 Å². The molecule has 4 heteroatoms. The molecule has 1 spiro atoms. The molecule has 3 aliphatic rings. The predicted octanol–water partition coefficient (Wildman–Crippen LogP) is 2.63. The molecular formula is C20H32N4. The Balaban J connectivity index is 1.19. The Morgan fingerprint density at radius 2 is 1.83 bits per heavy atom. The summed E-state index contributed by atoms with van der Waals surface area (Å²) in [5, 5.41) is 0. The lowest BCUT2D eigenvalue weighted by atomic mass is 9.71. The van der Waals surface area contributed by atoms with Gasteiger partial charge < -0.3 is 9.80 Å². The third kappa shape index (κ3) is 3.18. The van der Waals surface area contributed by atoms with Crippen LogP contribution in [0, 0.1) is 18.3 Å². The standard InChI is InChI=1S/C20H32N4/c1-16(2)24-14-20(15-24)12-22(13-20)11-18-6-8-23(9-7-18)19-5-4-17(3)10-21-19/h4-5,10,16,18H,6-9,11-15H2,1-3H3. The van der Waals surface area contributed by atoms with Gasteiger partial charge in [-0.25, -0.2) is 4.98 Å². The lowest BCUT2D eigenvalue weighted by Gasteiger charge is -2.62. The van der Waals surface area contributed by atoms with Crippen LogP contribution in [0.5, 0.6) is 0 Å². The lowest BCUT2D eigenvalue weighted by Crippen LogP contribution is -2.73. The highest BCUT2D eigenvalue weighted by atomic mass is 15.3. The fraction of sp³-hybridized carbons (Fsp3) is 0.750. The van der Waals surface area contributed by atoms with Gasteiger partial charge in [-0.2, -0.15) is 0 Å². The zero-order valence-electron chi connectivity index (χ0n) is 15.5. The van der Waals surface area contributed by atoms with Crippen molar-refractivity contribution >= 4 is 5.82 Å². The van der Waals surface area contributed by atoms with Crippen molar-refractivity contribution in [3.05, 3.63) is 23.9 Å². The van der Waals surface area contributed by atoms with E-state index >= 15 is 0 Å². The molecule has 0 radical (unpaired) electrons. The number of likely N-dealkylation sites (tertiary alicyclic amines) is 2. The largest absolute Gasteiger partial charge is 0.357 e. The van der Waals surface area contributed by atoms with Crippen molar-refractivity contribution in [1.29, 1.82) is 0 Å². The van der Waals surface area contributed by atoms with E-state index in [9.17, 15) is 0 Å². The molecule has 4 heterocycles. The van der Waals surface area contributed by atoms with E-state index in [0.717, 1.165) is 17.8 Å². The molecule has 24 heavy (non-hydrogen) atoms. The Bertz CT molecular complexity index is 546. The SMILES string of the molecule is Cc1ccc(N2CCC(CN3CC4(C3)CN(C(C)C)C4)CC2)nc1. The summed E-state index contributed by atoms with van der Waals surface area (Å²) in [6, 6.07) is 5.07. The predicted molar refractivity (Wildman–Crippen MR) is 99.5 cm³/mol. The molecule has 0 saturated carbocycles. The Morgan fingerprint density at radius 1 is 1.12 bits per heavy atom. The van der Waals surface area contributed by atoms with Gasteiger partial charge in [0.15, 0.2) is 0 Å². The molecule has 0 aliphatic carbocycles. The van der Waals surface area contributed by atoms with Crippen molar-refractivity contribution in [3.63, 3.8) is 0 Å². The molecule has 4 nitrogen and oxygen atoms in total. The first-order chi connectivity index (χ1) is 11.5. The van der Waals surface area contributed by atoms with E-state index in [1.165, 1.54) is 64.2 Å². The molecule has 0 bridgehead atoms.